The summed E-state index contributed by atoms with van der Waals surface area (Å²) in [5.74, 6) is 0.395. The Kier molecular flexibility index (Phi) is 4.67. The van der Waals surface area contributed by atoms with E-state index in [2.05, 4.69) is 0 Å². The topological polar surface area (TPSA) is 49.7 Å². The number of aliphatic hydroxyl groups excluding tert-OH is 2. The molecule has 3 heteroatoms. The maximum Gasteiger partial charge on any atom is 0.177 e. The summed E-state index contributed by atoms with van der Waals surface area (Å²) in [5.41, 5.74) is 0. The SMILES string of the molecule is CC(C)CO[C@@H](O)CO. The fraction of sp³-hybridized carbons (Fsp3) is 1.00. The Hall–Kier alpha value is -0.120. The number of hydrogen-bond donors (Lipinski definition) is 2. The molecule has 0 fully saturated rings. The molecular weight excluding hydrogens is 120 g/mol. The highest BCUT2D eigenvalue weighted by atomic mass is 16.6. The highest BCUT2D eigenvalue weighted by Gasteiger charge is 2.01. The molecule has 0 aliphatic heterocycles. The molecular formula is C6H14O3. The van der Waals surface area contributed by atoms with E-state index in [9.17, 15) is 0 Å². The summed E-state index contributed by atoms with van der Waals surface area (Å²) < 4.78 is 4.76. The lowest BCUT2D eigenvalue weighted by Crippen LogP contribution is -2.19. The lowest BCUT2D eigenvalue weighted by atomic mass is 10.2. The quantitative estimate of drug-likeness (QED) is 0.531. The van der Waals surface area contributed by atoms with Crippen molar-refractivity contribution in [1.29, 1.82) is 0 Å². The second-order valence-electron chi connectivity index (χ2n) is 2.36. The van der Waals surface area contributed by atoms with Gasteiger partial charge in [0.1, 0.15) is 0 Å². The van der Waals surface area contributed by atoms with Gasteiger partial charge in [-0.05, 0) is 5.92 Å². The highest BCUT2D eigenvalue weighted by Crippen LogP contribution is 1.94. The van der Waals surface area contributed by atoms with E-state index in [1.807, 2.05) is 13.8 Å². The second-order valence-corrected chi connectivity index (χ2v) is 2.36. The van der Waals surface area contributed by atoms with E-state index in [0.717, 1.165) is 0 Å². The third-order valence-electron chi connectivity index (χ3n) is 0.778. The zero-order chi connectivity index (χ0) is 7.28. The van der Waals surface area contributed by atoms with E-state index < -0.39 is 6.29 Å². The smallest absolute Gasteiger partial charge is 0.177 e. The van der Waals surface area contributed by atoms with Crippen LogP contribution >= 0.6 is 0 Å². The van der Waals surface area contributed by atoms with E-state index in [4.69, 9.17) is 14.9 Å². The Labute approximate surface area is 55.3 Å². The molecule has 0 bridgehead atoms. The van der Waals surface area contributed by atoms with Crippen LogP contribution < -0.4 is 0 Å². The Morgan fingerprint density at radius 3 is 2.33 bits per heavy atom. The highest BCUT2D eigenvalue weighted by molar-refractivity contribution is 4.41. The molecule has 0 unspecified atom stereocenters. The van der Waals surface area contributed by atoms with Gasteiger partial charge in [0.15, 0.2) is 6.29 Å². The minimum Gasteiger partial charge on any atom is -0.391 e. The van der Waals surface area contributed by atoms with Gasteiger partial charge in [0, 0.05) is 0 Å². The van der Waals surface area contributed by atoms with Crippen molar-refractivity contribution in [1.82, 2.24) is 0 Å². The van der Waals surface area contributed by atoms with Crippen LogP contribution in [0.3, 0.4) is 0 Å². The maximum absolute atomic E-state index is 8.63. The van der Waals surface area contributed by atoms with E-state index in [1.165, 1.54) is 0 Å². The summed E-state index contributed by atoms with van der Waals surface area (Å²) in [6, 6.07) is 0. The molecule has 0 aromatic rings. The van der Waals surface area contributed by atoms with Crippen LogP contribution in [0, 0.1) is 5.92 Å². The standard InChI is InChI=1S/C6H14O3/c1-5(2)4-9-6(8)3-7/h5-8H,3-4H2,1-2H3/t6-/m1/s1. The third-order valence-corrected chi connectivity index (χ3v) is 0.778. The predicted octanol–water partition coefficient (Wildman–Crippen LogP) is -0.0303. The van der Waals surface area contributed by atoms with Crippen molar-refractivity contribution >= 4 is 0 Å². The summed E-state index contributed by atoms with van der Waals surface area (Å²) in [5, 5.41) is 16.9. The minimum absolute atomic E-state index is 0.327. The van der Waals surface area contributed by atoms with Gasteiger partial charge < -0.3 is 14.9 Å². The maximum atomic E-state index is 8.63. The number of rotatable bonds is 4. The Balaban J connectivity index is 3.06. The largest absolute Gasteiger partial charge is 0.391 e. The number of hydrogen-bond acceptors (Lipinski definition) is 3. The Morgan fingerprint density at radius 1 is 1.44 bits per heavy atom. The molecule has 0 spiro atoms. The molecule has 3 nitrogen and oxygen atoms in total. The van der Waals surface area contributed by atoms with Gasteiger partial charge >= 0.3 is 0 Å². The molecule has 0 aliphatic carbocycles. The lowest BCUT2D eigenvalue weighted by molar-refractivity contribution is -0.130. The first kappa shape index (κ1) is 8.88. The van der Waals surface area contributed by atoms with Crippen molar-refractivity contribution < 1.29 is 14.9 Å². The predicted molar refractivity (Wildman–Crippen MR) is 33.9 cm³/mol. The molecule has 0 saturated carbocycles. The molecule has 56 valence electrons. The van der Waals surface area contributed by atoms with Crippen LogP contribution in [-0.4, -0.2) is 29.7 Å². The van der Waals surface area contributed by atoms with Crippen LogP contribution in [0.15, 0.2) is 0 Å². The average Bonchev–Trinajstić information content (AvgIpc) is 1.83. The molecule has 9 heavy (non-hydrogen) atoms. The number of aliphatic hydroxyl groups is 2. The fourth-order valence-electron chi connectivity index (χ4n) is 0.356. The van der Waals surface area contributed by atoms with Gasteiger partial charge in [0.25, 0.3) is 0 Å². The van der Waals surface area contributed by atoms with Crippen LogP contribution in [0.1, 0.15) is 13.8 Å². The van der Waals surface area contributed by atoms with E-state index >= 15 is 0 Å². The monoisotopic (exact) mass is 134 g/mol. The molecule has 0 saturated heterocycles. The first-order valence-corrected chi connectivity index (χ1v) is 3.07. The van der Waals surface area contributed by atoms with Crippen molar-refractivity contribution in [3.63, 3.8) is 0 Å². The van der Waals surface area contributed by atoms with Crippen LogP contribution in [0.4, 0.5) is 0 Å². The Morgan fingerprint density at radius 2 is 2.00 bits per heavy atom. The molecule has 1 atom stereocenters. The Bertz CT molecular complexity index is 63.3. The average molecular weight is 134 g/mol. The molecule has 0 radical (unpaired) electrons. The summed E-state index contributed by atoms with van der Waals surface area (Å²) >= 11 is 0. The molecule has 0 aromatic carbocycles. The van der Waals surface area contributed by atoms with Crippen molar-refractivity contribution in [2.45, 2.75) is 20.1 Å². The number of ether oxygens (including phenoxy) is 1. The third kappa shape index (κ3) is 5.76. The second kappa shape index (κ2) is 4.73. The van der Waals surface area contributed by atoms with E-state index in [-0.39, 0.29) is 6.61 Å². The summed E-state index contributed by atoms with van der Waals surface area (Å²) in [6.45, 7) is 4.11. The fourth-order valence-corrected chi connectivity index (χ4v) is 0.356. The lowest BCUT2D eigenvalue weighted by Gasteiger charge is -2.09. The minimum atomic E-state index is -1.01. The summed E-state index contributed by atoms with van der Waals surface area (Å²) in [7, 11) is 0. The van der Waals surface area contributed by atoms with Crippen molar-refractivity contribution in [2.24, 2.45) is 5.92 Å². The summed E-state index contributed by atoms with van der Waals surface area (Å²) in [6.07, 6.45) is -1.01. The summed E-state index contributed by atoms with van der Waals surface area (Å²) in [4.78, 5) is 0. The first-order valence-electron chi connectivity index (χ1n) is 3.07. The van der Waals surface area contributed by atoms with Crippen LogP contribution in [-0.2, 0) is 4.74 Å². The zero-order valence-corrected chi connectivity index (χ0v) is 5.87. The normalized spacial score (nSPS) is 14.3. The van der Waals surface area contributed by atoms with Gasteiger partial charge in [-0.15, -0.1) is 0 Å². The van der Waals surface area contributed by atoms with Gasteiger partial charge in [-0.1, -0.05) is 13.8 Å². The van der Waals surface area contributed by atoms with Gasteiger partial charge in [0.2, 0.25) is 0 Å². The zero-order valence-electron chi connectivity index (χ0n) is 5.87. The van der Waals surface area contributed by atoms with Crippen molar-refractivity contribution in [3.05, 3.63) is 0 Å². The molecule has 0 amide bonds. The van der Waals surface area contributed by atoms with Gasteiger partial charge in [-0.25, -0.2) is 0 Å². The van der Waals surface area contributed by atoms with Gasteiger partial charge in [0.05, 0.1) is 13.2 Å². The van der Waals surface area contributed by atoms with Gasteiger partial charge in [-0.2, -0.15) is 0 Å². The van der Waals surface area contributed by atoms with Crippen molar-refractivity contribution in [3.8, 4) is 0 Å². The van der Waals surface area contributed by atoms with Crippen LogP contribution in [0.25, 0.3) is 0 Å². The molecule has 2 N–H and O–H groups in total. The molecule has 0 rings (SSSR count). The molecule has 0 aliphatic rings. The van der Waals surface area contributed by atoms with Crippen LogP contribution in [0.5, 0.6) is 0 Å². The van der Waals surface area contributed by atoms with E-state index in [1.54, 1.807) is 0 Å². The van der Waals surface area contributed by atoms with Gasteiger partial charge in [-0.3, -0.25) is 0 Å². The molecule has 0 heterocycles. The first-order chi connectivity index (χ1) is 4.16. The van der Waals surface area contributed by atoms with Crippen molar-refractivity contribution in [2.75, 3.05) is 13.2 Å². The van der Waals surface area contributed by atoms with Crippen LogP contribution in [0.2, 0.25) is 0 Å². The van der Waals surface area contributed by atoms with E-state index in [0.29, 0.717) is 12.5 Å². The molecule has 0 aromatic heterocycles.